The molecule has 0 spiro atoms. The highest BCUT2D eigenvalue weighted by Crippen LogP contribution is 2.14. The Hall–Kier alpha value is -1.36. The van der Waals surface area contributed by atoms with Crippen LogP contribution in [0.15, 0.2) is 24.3 Å². The summed E-state index contributed by atoms with van der Waals surface area (Å²) in [6, 6.07) is 6.65. The predicted octanol–water partition coefficient (Wildman–Crippen LogP) is 1.51. The molecule has 0 atom stereocenters. The molecule has 0 saturated carbocycles. The Morgan fingerprint density at radius 2 is 2.00 bits per heavy atom. The van der Waals surface area contributed by atoms with Gasteiger partial charge in [0.25, 0.3) is 5.91 Å². The first-order valence-corrected chi connectivity index (χ1v) is 5.52. The maximum absolute atomic E-state index is 11.3. The van der Waals surface area contributed by atoms with Crippen molar-refractivity contribution in [1.29, 1.82) is 0 Å². The summed E-state index contributed by atoms with van der Waals surface area (Å²) < 4.78 is 0. The summed E-state index contributed by atoms with van der Waals surface area (Å²) in [5.41, 5.74) is 5.94. The maximum Gasteiger partial charge on any atom is 0.250 e. The molecule has 4 nitrogen and oxygen atoms in total. The van der Waals surface area contributed by atoms with Gasteiger partial charge in [-0.2, -0.15) is 0 Å². The van der Waals surface area contributed by atoms with E-state index in [0.717, 1.165) is 0 Å². The molecule has 0 saturated heterocycles. The van der Waals surface area contributed by atoms with Crippen molar-refractivity contribution >= 4 is 33.4 Å². The van der Waals surface area contributed by atoms with Gasteiger partial charge in [-0.15, -0.1) is 0 Å². The van der Waals surface area contributed by atoms with Gasteiger partial charge in [-0.1, -0.05) is 28.1 Å². The Morgan fingerprint density at radius 1 is 1.33 bits per heavy atom. The minimum atomic E-state index is -0.551. The lowest BCUT2D eigenvalue weighted by Crippen LogP contribution is -2.18. The number of carbonyl (C=O) groups is 2. The first-order valence-electron chi connectivity index (χ1n) is 4.40. The molecule has 80 valence electrons. The molecule has 1 aromatic rings. The number of hydrogen-bond donors (Lipinski definition) is 2. The third-order valence-electron chi connectivity index (χ3n) is 1.79. The highest BCUT2D eigenvalue weighted by atomic mass is 79.9. The summed E-state index contributed by atoms with van der Waals surface area (Å²) >= 11 is 3.16. The topological polar surface area (TPSA) is 72.2 Å². The number of benzene rings is 1. The summed E-state index contributed by atoms with van der Waals surface area (Å²) in [6.07, 6.45) is 0.354. The Labute approximate surface area is 96.0 Å². The normalized spacial score (nSPS) is 9.67. The van der Waals surface area contributed by atoms with E-state index < -0.39 is 5.91 Å². The van der Waals surface area contributed by atoms with Crippen LogP contribution in [0, 0.1) is 0 Å². The van der Waals surface area contributed by atoms with E-state index in [4.69, 9.17) is 5.73 Å². The van der Waals surface area contributed by atoms with Gasteiger partial charge in [-0.25, -0.2) is 0 Å². The van der Waals surface area contributed by atoms with E-state index in [-0.39, 0.29) is 5.91 Å². The molecule has 0 aliphatic carbocycles. The Balaban J connectivity index is 2.84. The highest BCUT2D eigenvalue weighted by Gasteiger charge is 2.09. The first-order chi connectivity index (χ1) is 7.15. The van der Waals surface area contributed by atoms with Crippen molar-refractivity contribution < 1.29 is 9.59 Å². The number of primary amides is 1. The van der Waals surface area contributed by atoms with Crippen molar-refractivity contribution in [2.24, 2.45) is 5.73 Å². The zero-order chi connectivity index (χ0) is 11.3. The van der Waals surface area contributed by atoms with Crippen molar-refractivity contribution in [2.75, 3.05) is 10.6 Å². The van der Waals surface area contributed by atoms with Crippen molar-refractivity contribution in [3.05, 3.63) is 29.8 Å². The number of halogens is 1. The van der Waals surface area contributed by atoms with Gasteiger partial charge in [0.15, 0.2) is 0 Å². The second-order valence-electron chi connectivity index (χ2n) is 2.90. The van der Waals surface area contributed by atoms with Gasteiger partial charge in [0.1, 0.15) is 0 Å². The van der Waals surface area contributed by atoms with Gasteiger partial charge in [-0.05, 0) is 12.1 Å². The molecular weight excluding hydrogens is 260 g/mol. The fraction of sp³-hybridized carbons (Fsp3) is 0.200. The number of nitrogens with one attached hydrogen (secondary N) is 1. The average molecular weight is 271 g/mol. The number of carbonyl (C=O) groups excluding carboxylic acids is 2. The number of anilines is 1. The third-order valence-corrected chi connectivity index (χ3v) is 2.18. The third kappa shape index (κ3) is 3.36. The fourth-order valence-corrected chi connectivity index (χ4v) is 1.47. The van der Waals surface area contributed by atoms with Crippen LogP contribution in [-0.2, 0) is 4.79 Å². The van der Waals surface area contributed by atoms with Crippen LogP contribution in [-0.4, -0.2) is 17.1 Å². The van der Waals surface area contributed by atoms with Crippen molar-refractivity contribution in [1.82, 2.24) is 0 Å². The molecular formula is C10H11BrN2O2. The second-order valence-corrected chi connectivity index (χ2v) is 3.69. The van der Waals surface area contributed by atoms with Crippen molar-refractivity contribution in [3.63, 3.8) is 0 Å². The first kappa shape index (κ1) is 11.7. The number of amides is 2. The lowest BCUT2D eigenvalue weighted by molar-refractivity contribution is -0.115. The quantitative estimate of drug-likeness (QED) is 0.815. The van der Waals surface area contributed by atoms with Crippen LogP contribution >= 0.6 is 15.9 Å². The highest BCUT2D eigenvalue weighted by molar-refractivity contribution is 9.09. The van der Waals surface area contributed by atoms with E-state index in [2.05, 4.69) is 21.2 Å². The van der Waals surface area contributed by atoms with Crippen LogP contribution in [0.1, 0.15) is 16.8 Å². The molecule has 0 fully saturated rings. The van der Waals surface area contributed by atoms with E-state index in [1.807, 2.05) is 0 Å². The van der Waals surface area contributed by atoms with Crippen LogP contribution in [0.5, 0.6) is 0 Å². The van der Waals surface area contributed by atoms with Crippen LogP contribution in [0.4, 0.5) is 5.69 Å². The number of rotatable bonds is 4. The van der Waals surface area contributed by atoms with Gasteiger partial charge in [0.2, 0.25) is 5.91 Å². The van der Waals surface area contributed by atoms with Gasteiger partial charge in [0, 0.05) is 11.8 Å². The van der Waals surface area contributed by atoms with E-state index >= 15 is 0 Å². The molecule has 1 rings (SSSR count). The lowest BCUT2D eigenvalue weighted by atomic mass is 10.1. The summed E-state index contributed by atoms with van der Waals surface area (Å²) in [4.78, 5) is 22.3. The van der Waals surface area contributed by atoms with Gasteiger partial charge < -0.3 is 11.1 Å². The SMILES string of the molecule is NC(=O)c1ccccc1NC(=O)CCBr. The van der Waals surface area contributed by atoms with Crippen LogP contribution in [0.3, 0.4) is 0 Å². The minimum Gasteiger partial charge on any atom is -0.366 e. The largest absolute Gasteiger partial charge is 0.366 e. The zero-order valence-corrected chi connectivity index (χ0v) is 9.58. The standard InChI is InChI=1S/C10H11BrN2O2/c11-6-5-9(14)13-8-4-2-1-3-7(8)10(12)15/h1-4H,5-6H2,(H2,12,15)(H,13,14). The monoisotopic (exact) mass is 270 g/mol. The lowest BCUT2D eigenvalue weighted by Gasteiger charge is -2.07. The Bertz CT molecular complexity index is 379. The molecule has 3 N–H and O–H groups in total. The van der Waals surface area contributed by atoms with Gasteiger partial charge in [0.05, 0.1) is 11.3 Å². The molecule has 0 aliphatic rings. The van der Waals surface area contributed by atoms with E-state index in [0.29, 0.717) is 23.0 Å². The number of alkyl halides is 1. The molecule has 0 unspecified atom stereocenters. The van der Waals surface area contributed by atoms with E-state index in [1.54, 1.807) is 24.3 Å². The fourth-order valence-electron chi connectivity index (χ4n) is 1.11. The summed E-state index contributed by atoms with van der Waals surface area (Å²) in [6.45, 7) is 0. The van der Waals surface area contributed by atoms with Gasteiger partial charge in [-0.3, -0.25) is 9.59 Å². The molecule has 2 amide bonds. The molecule has 0 aliphatic heterocycles. The van der Waals surface area contributed by atoms with Crippen LogP contribution in [0.2, 0.25) is 0 Å². The van der Waals surface area contributed by atoms with Crippen LogP contribution < -0.4 is 11.1 Å². The molecule has 0 heterocycles. The zero-order valence-electron chi connectivity index (χ0n) is 8.00. The molecule has 0 radical (unpaired) electrons. The molecule has 0 bridgehead atoms. The second kappa shape index (κ2) is 5.50. The summed E-state index contributed by atoms with van der Waals surface area (Å²) in [5.74, 6) is -0.703. The van der Waals surface area contributed by atoms with Crippen molar-refractivity contribution in [2.45, 2.75) is 6.42 Å². The van der Waals surface area contributed by atoms with Crippen molar-refractivity contribution in [3.8, 4) is 0 Å². The maximum atomic E-state index is 11.3. The summed E-state index contributed by atoms with van der Waals surface area (Å²) in [7, 11) is 0. The van der Waals surface area contributed by atoms with E-state index in [1.165, 1.54) is 0 Å². The molecule has 1 aromatic carbocycles. The number of para-hydroxylation sites is 1. The minimum absolute atomic E-state index is 0.152. The van der Waals surface area contributed by atoms with E-state index in [9.17, 15) is 9.59 Å². The molecule has 15 heavy (non-hydrogen) atoms. The number of hydrogen-bond acceptors (Lipinski definition) is 2. The predicted molar refractivity (Wildman–Crippen MR) is 62.0 cm³/mol. The number of nitrogens with two attached hydrogens (primary N) is 1. The smallest absolute Gasteiger partial charge is 0.250 e. The summed E-state index contributed by atoms with van der Waals surface area (Å²) in [5, 5.41) is 3.20. The Kier molecular flexibility index (Phi) is 4.30. The van der Waals surface area contributed by atoms with Crippen LogP contribution in [0.25, 0.3) is 0 Å². The molecule has 0 aromatic heterocycles. The average Bonchev–Trinajstić information content (AvgIpc) is 2.18. The van der Waals surface area contributed by atoms with Gasteiger partial charge >= 0.3 is 0 Å². The molecule has 5 heteroatoms. The Morgan fingerprint density at radius 3 is 2.60 bits per heavy atom.